The van der Waals surface area contributed by atoms with E-state index in [4.69, 9.17) is 9.16 Å². The Morgan fingerprint density at radius 2 is 1.52 bits per heavy atom. The molecule has 0 spiro atoms. The predicted molar refractivity (Wildman–Crippen MR) is 124 cm³/mol. The average molecular weight is 423 g/mol. The highest BCUT2D eigenvalue weighted by Gasteiger charge is 2.60. The van der Waals surface area contributed by atoms with E-state index in [1.165, 1.54) is 19.3 Å². The van der Waals surface area contributed by atoms with Gasteiger partial charge in [0.05, 0.1) is 18.3 Å². The quantitative estimate of drug-likeness (QED) is 0.377. The lowest BCUT2D eigenvalue weighted by molar-refractivity contribution is -0.217. The molecule has 2 aliphatic heterocycles. The molecule has 0 radical (unpaired) electrons. The van der Waals surface area contributed by atoms with E-state index in [2.05, 4.69) is 67.5 Å². The van der Waals surface area contributed by atoms with E-state index >= 15 is 0 Å². The van der Waals surface area contributed by atoms with Gasteiger partial charge in [0.2, 0.25) is 8.32 Å². The van der Waals surface area contributed by atoms with E-state index in [9.17, 15) is 5.11 Å². The third kappa shape index (κ3) is 3.81. The fourth-order valence-corrected chi connectivity index (χ4v) is 12.8. The Labute approximate surface area is 180 Å². The second kappa shape index (κ2) is 8.76. The first-order valence-electron chi connectivity index (χ1n) is 12.3. The van der Waals surface area contributed by atoms with Crippen LogP contribution >= 0.6 is 0 Å². The van der Waals surface area contributed by atoms with Crippen molar-refractivity contribution in [2.75, 3.05) is 0 Å². The lowest BCUT2D eigenvalue weighted by Crippen LogP contribution is -2.63. The Morgan fingerprint density at radius 1 is 0.966 bits per heavy atom. The van der Waals surface area contributed by atoms with Gasteiger partial charge in [-0.1, -0.05) is 86.8 Å². The average Bonchev–Trinajstić information content (AvgIpc) is 3.10. The van der Waals surface area contributed by atoms with Gasteiger partial charge in [0.15, 0.2) is 0 Å². The monoisotopic (exact) mass is 422 g/mol. The fraction of sp³-hybridized carbons (Fsp3) is 0.920. The zero-order chi connectivity index (χ0) is 21.6. The Morgan fingerprint density at radius 3 is 2.03 bits per heavy atom. The first-order chi connectivity index (χ1) is 13.6. The maximum atomic E-state index is 11.6. The molecule has 0 amide bonds. The van der Waals surface area contributed by atoms with Crippen LogP contribution < -0.4 is 0 Å². The van der Waals surface area contributed by atoms with Gasteiger partial charge in [0.25, 0.3) is 0 Å². The molecule has 6 atom stereocenters. The smallest absolute Gasteiger partial charge is 0.200 e. The molecule has 168 valence electrons. The first-order valence-corrected chi connectivity index (χ1v) is 14.4. The number of fused-ring (bicyclic) bond motifs is 2. The van der Waals surface area contributed by atoms with Crippen LogP contribution in [-0.2, 0) is 9.16 Å². The van der Waals surface area contributed by atoms with Crippen molar-refractivity contribution in [1.82, 2.24) is 0 Å². The minimum atomic E-state index is -2.00. The van der Waals surface area contributed by atoms with Gasteiger partial charge in [-0.05, 0) is 35.4 Å². The SMILES string of the molecule is CC(C)[Si](O[C@@H]1[C@H](C)[C@H]2C=C[C@]([C@H](O)C3CCCCC3)(O2)[C@@H]1C)(C(C)C)C(C)C. The van der Waals surface area contributed by atoms with Crippen molar-refractivity contribution in [2.24, 2.45) is 17.8 Å². The van der Waals surface area contributed by atoms with E-state index in [-0.39, 0.29) is 18.1 Å². The van der Waals surface area contributed by atoms with E-state index < -0.39 is 20.0 Å². The number of ether oxygens (including phenoxy) is 1. The highest BCUT2D eigenvalue weighted by atomic mass is 28.4. The van der Waals surface area contributed by atoms with E-state index in [0.717, 1.165) is 12.8 Å². The van der Waals surface area contributed by atoms with Crippen LogP contribution in [0.5, 0.6) is 0 Å². The van der Waals surface area contributed by atoms with Crippen LogP contribution in [0.1, 0.15) is 87.5 Å². The molecule has 3 rings (SSSR count). The summed E-state index contributed by atoms with van der Waals surface area (Å²) in [5.74, 6) is 0.831. The third-order valence-corrected chi connectivity index (χ3v) is 14.8. The largest absolute Gasteiger partial charge is 0.412 e. The molecule has 0 unspecified atom stereocenters. The summed E-state index contributed by atoms with van der Waals surface area (Å²) in [7, 11) is -2.00. The van der Waals surface area contributed by atoms with Gasteiger partial charge in [-0.25, -0.2) is 0 Å². The van der Waals surface area contributed by atoms with Gasteiger partial charge in [-0.3, -0.25) is 0 Å². The van der Waals surface area contributed by atoms with Crippen LogP contribution in [0.2, 0.25) is 16.6 Å². The third-order valence-electron chi connectivity index (χ3n) is 8.73. The van der Waals surface area contributed by atoms with Gasteiger partial charge in [-0.2, -0.15) is 0 Å². The molecule has 2 heterocycles. The second-order valence-electron chi connectivity index (χ2n) is 11.2. The number of hydrogen-bond acceptors (Lipinski definition) is 3. The molecule has 1 N–H and O–H groups in total. The maximum absolute atomic E-state index is 11.6. The van der Waals surface area contributed by atoms with Gasteiger partial charge in [-0.15, -0.1) is 0 Å². The van der Waals surface area contributed by atoms with Crippen molar-refractivity contribution < 1.29 is 14.3 Å². The molecule has 4 heteroatoms. The molecule has 0 aromatic heterocycles. The van der Waals surface area contributed by atoms with Crippen LogP contribution in [0.3, 0.4) is 0 Å². The molecule has 1 saturated heterocycles. The van der Waals surface area contributed by atoms with Crippen LogP contribution in [-0.4, -0.2) is 37.3 Å². The molecule has 2 bridgehead atoms. The summed E-state index contributed by atoms with van der Waals surface area (Å²) >= 11 is 0. The Bertz CT molecular complexity index is 559. The number of aliphatic hydroxyl groups is 1. The van der Waals surface area contributed by atoms with E-state index in [1.807, 2.05) is 0 Å². The molecule has 3 aliphatic rings. The van der Waals surface area contributed by atoms with Gasteiger partial charge in [0.1, 0.15) is 5.60 Å². The van der Waals surface area contributed by atoms with Crippen molar-refractivity contribution >= 4 is 8.32 Å². The van der Waals surface area contributed by atoms with Crippen LogP contribution in [0.15, 0.2) is 12.2 Å². The van der Waals surface area contributed by atoms with Crippen molar-refractivity contribution in [2.45, 2.75) is 128 Å². The predicted octanol–water partition coefficient (Wildman–Crippen LogP) is 6.47. The minimum Gasteiger partial charge on any atom is -0.412 e. The molecule has 3 nitrogen and oxygen atoms in total. The second-order valence-corrected chi connectivity index (χ2v) is 16.6. The molecule has 1 saturated carbocycles. The highest BCUT2D eigenvalue weighted by Crippen LogP contribution is 2.52. The highest BCUT2D eigenvalue weighted by molar-refractivity contribution is 6.77. The van der Waals surface area contributed by atoms with Crippen LogP contribution in [0.25, 0.3) is 0 Å². The molecule has 29 heavy (non-hydrogen) atoms. The molecular formula is C25H46O3Si. The molecule has 1 aliphatic carbocycles. The van der Waals surface area contributed by atoms with Gasteiger partial charge < -0.3 is 14.3 Å². The summed E-state index contributed by atoms with van der Waals surface area (Å²) in [5, 5.41) is 11.6. The fourth-order valence-electron chi connectivity index (χ4n) is 7.11. The van der Waals surface area contributed by atoms with Crippen LogP contribution in [0.4, 0.5) is 0 Å². The minimum absolute atomic E-state index is 0.0626. The molecule has 0 aromatic carbocycles. The summed E-state index contributed by atoms with van der Waals surface area (Å²) < 4.78 is 14.0. The summed E-state index contributed by atoms with van der Waals surface area (Å²) in [5.41, 5.74) is 1.12. The van der Waals surface area contributed by atoms with Crippen molar-refractivity contribution in [3.05, 3.63) is 12.2 Å². The summed E-state index contributed by atoms with van der Waals surface area (Å²) in [6.45, 7) is 18.7. The van der Waals surface area contributed by atoms with Crippen LogP contribution in [0, 0.1) is 17.8 Å². The zero-order valence-corrected chi connectivity index (χ0v) is 21.2. The Hall–Kier alpha value is -0.163. The zero-order valence-electron chi connectivity index (χ0n) is 20.2. The number of aliphatic hydroxyl groups excluding tert-OH is 1. The van der Waals surface area contributed by atoms with Gasteiger partial charge in [0, 0.05) is 11.8 Å². The normalized spacial score (nSPS) is 37.1. The van der Waals surface area contributed by atoms with Crippen molar-refractivity contribution in [1.29, 1.82) is 0 Å². The molecule has 0 aromatic rings. The molecule has 2 fully saturated rings. The molecular weight excluding hydrogens is 376 g/mol. The Kier molecular flexibility index (Phi) is 7.10. The van der Waals surface area contributed by atoms with Gasteiger partial charge >= 0.3 is 0 Å². The first kappa shape index (κ1) is 23.5. The number of rotatable bonds is 7. The summed E-state index contributed by atoms with van der Waals surface area (Å²) in [6.07, 6.45) is 10.2. The number of hydrogen-bond donors (Lipinski definition) is 1. The lowest BCUT2D eigenvalue weighted by Gasteiger charge is -2.54. The van der Waals surface area contributed by atoms with E-state index in [0.29, 0.717) is 28.5 Å². The maximum Gasteiger partial charge on any atom is 0.200 e. The van der Waals surface area contributed by atoms with Crippen molar-refractivity contribution in [3.63, 3.8) is 0 Å². The summed E-state index contributed by atoms with van der Waals surface area (Å²) in [4.78, 5) is 0. The van der Waals surface area contributed by atoms with Crippen molar-refractivity contribution in [3.8, 4) is 0 Å². The summed E-state index contributed by atoms with van der Waals surface area (Å²) in [6, 6.07) is 0. The van der Waals surface area contributed by atoms with E-state index in [1.54, 1.807) is 0 Å². The standard InChI is InChI=1S/C25H46O3Si/c1-16(2)29(17(3)4,18(5)6)28-23-19(7)22-14-15-25(27-22,20(23)8)24(26)21-12-10-9-11-13-21/h14-24,26H,9-13H2,1-8H3/t19-,20-,22-,23-,24-,25+/m1/s1. The topological polar surface area (TPSA) is 38.7 Å². The lowest BCUT2D eigenvalue weighted by atomic mass is 9.70. The Balaban J connectivity index is 1.92.